The summed E-state index contributed by atoms with van der Waals surface area (Å²) in [6.45, 7) is 4.62. The number of ether oxygens (including phenoxy) is 1. The molecule has 0 radical (unpaired) electrons. The summed E-state index contributed by atoms with van der Waals surface area (Å²) < 4.78 is 10.7. The van der Waals surface area contributed by atoms with E-state index in [-0.39, 0.29) is 24.9 Å². The van der Waals surface area contributed by atoms with Gasteiger partial charge in [0.1, 0.15) is 18.4 Å². The predicted octanol–water partition coefficient (Wildman–Crippen LogP) is 4.35. The molecule has 2 atom stereocenters. The number of likely N-dealkylation sites (N-methyl/N-ethyl adjacent to an activating group) is 1. The number of alkyl carbamates (subject to hydrolysis) is 1. The van der Waals surface area contributed by atoms with Crippen LogP contribution in [0.5, 0.6) is 0 Å². The summed E-state index contributed by atoms with van der Waals surface area (Å²) in [5, 5.41) is 5.59. The molecule has 0 bridgehead atoms. The van der Waals surface area contributed by atoms with Gasteiger partial charge in [-0.25, -0.2) is 4.79 Å². The lowest BCUT2D eigenvalue weighted by Gasteiger charge is -2.25. The van der Waals surface area contributed by atoms with Crippen LogP contribution in [-0.4, -0.2) is 48.4 Å². The number of hydrogen-bond acceptors (Lipinski definition) is 6. The smallest absolute Gasteiger partial charge is 0.408 e. The molecule has 0 saturated carbocycles. The SMILES string of the molecule is CC(C)C[C@H](NC(=O)OCc1ccccc1)C(=O)N[C@@H](Cc1ccccc1)C(=O)CN(C)Cc1ccco1. The van der Waals surface area contributed by atoms with Crippen LogP contribution in [-0.2, 0) is 33.9 Å². The largest absolute Gasteiger partial charge is 0.468 e. The molecule has 0 spiro atoms. The van der Waals surface area contributed by atoms with Crippen LogP contribution in [0.1, 0.15) is 37.2 Å². The van der Waals surface area contributed by atoms with Crippen LogP contribution in [0.2, 0.25) is 0 Å². The molecule has 0 unspecified atom stereocenters. The summed E-state index contributed by atoms with van der Waals surface area (Å²) >= 11 is 0. The highest BCUT2D eigenvalue weighted by molar-refractivity contribution is 5.93. The van der Waals surface area contributed by atoms with Crippen LogP contribution in [0.4, 0.5) is 4.79 Å². The fourth-order valence-electron chi connectivity index (χ4n) is 4.08. The molecule has 2 amide bonds. The van der Waals surface area contributed by atoms with Gasteiger partial charge in [-0.15, -0.1) is 0 Å². The van der Waals surface area contributed by atoms with Crippen LogP contribution in [0.15, 0.2) is 83.5 Å². The molecule has 0 aliphatic rings. The summed E-state index contributed by atoms with van der Waals surface area (Å²) in [5.41, 5.74) is 1.77. The molecule has 3 aromatic rings. The van der Waals surface area contributed by atoms with E-state index in [0.29, 0.717) is 19.4 Å². The van der Waals surface area contributed by atoms with E-state index >= 15 is 0 Å². The number of rotatable bonds is 14. The molecular formula is C30H37N3O5. The maximum Gasteiger partial charge on any atom is 0.408 e. The highest BCUT2D eigenvalue weighted by atomic mass is 16.5. The number of benzene rings is 2. The topological polar surface area (TPSA) is 101 Å². The fraction of sp³-hybridized carbons (Fsp3) is 0.367. The average molecular weight is 520 g/mol. The summed E-state index contributed by atoms with van der Waals surface area (Å²) in [5.74, 6) is 0.326. The van der Waals surface area contributed by atoms with Gasteiger partial charge >= 0.3 is 6.09 Å². The minimum absolute atomic E-state index is 0.0970. The second-order valence-corrected chi connectivity index (χ2v) is 9.86. The molecule has 0 fully saturated rings. The van der Waals surface area contributed by atoms with Gasteiger partial charge in [-0.05, 0) is 49.1 Å². The number of nitrogens with one attached hydrogen (secondary N) is 2. The van der Waals surface area contributed by atoms with Crippen molar-refractivity contribution in [2.24, 2.45) is 5.92 Å². The molecule has 38 heavy (non-hydrogen) atoms. The van der Waals surface area contributed by atoms with Gasteiger partial charge in [-0.2, -0.15) is 0 Å². The van der Waals surface area contributed by atoms with E-state index in [0.717, 1.165) is 16.9 Å². The zero-order chi connectivity index (χ0) is 27.3. The number of carbonyl (C=O) groups excluding carboxylic acids is 3. The van der Waals surface area contributed by atoms with Crippen molar-refractivity contribution >= 4 is 17.8 Å². The van der Waals surface area contributed by atoms with Crippen LogP contribution < -0.4 is 10.6 Å². The van der Waals surface area contributed by atoms with Crippen molar-refractivity contribution in [2.45, 2.75) is 51.9 Å². The lowest BCUT2D eigenvalue weighted by Crippen LogP contribution is -2.53. The van der Waals surface area contributed by atoms with E-state index in [1.807, 2.05) is 92.5 Å². The number of carbonyl (C=O) groups is 3. The second-order valence-electron chi connectivity index (χ2n) is 9.86. The molecule has 0 saturated heterocycles. The highest BCUT2D eigenvalue weighted by Gasteiger charge is 2.28. The standard InChI is InChI=1S/C30H37N3O5/c1-22(2)17-27(32-30(36)38-21-24-13-8-5-9-14-24)29(35)31-26(18-23-11-6-4-7-12-23)28(34)20-33(3)19-25-15-10-16-37-25/h4-16,22,26-27H,17-21H2,1-3H3,(H,31,35)(H,32,36)/t26-,27-/m0/s1. The first kappa shape index (κ1) is 28.7. The van der Waals surface area contributed by atoms with E-state index in [1.54, 1.807) is 12.3 Å². The van der Waals surface area contributed by atoms with E-state index in [2.05, 4.69) is 10.6 Å². The molecule has 1 aromatic heterocycles. The monoisotopic (exact) mass is 519 g/mol. The number of hydrogen-bond donors (Lipinski definition) is 2. The van der Waals surface area contributed by atoms with Crippen molar-refractivity contribution < 1.29 is 23.5 Å². The lowest BCUT2D eigenvalue weighted by molar-refractivity contribution is -0.129. The zero-order valence-corrected chi connectivity index (χ0v) is 22.3. The Labute approximate surface area is 224 Å². The first-order valence-corrected chi connectivity index (χ1v) is 12.8. The number of nitrogens with zero attached hydrogens (tertiary/aromatic N) is 1. The summed E-state index contributed by atoms with van der Waals surface area (Å²) in [7, 11) is 1.83. The first-order valence-electron chi connectivity index (χ1n) is 12.8. The second kappa shape index (κ2) is 14.7. The van der Waals surface area contributed by atoms with Gasteiger partial charge in [0.15, 0.2) is 5.78 Å². The number of Topliss-reactive ketones (excluding diaryl/α,β-unsaturated/α-hetero) is 1. The number of amides is 2. The van der Waals surface area contributed by atoms with Gasteiger partial charge in [-0.1, -0.05) is 74.5 Å². The van der Waals surface area contributed by atoms with Crippen molar-refractivity contribution in [1.29, 1.82) is 0 Å². The van der Waals surface area contributed by atoms with Crippen molar-refractivity contribution in [3.05, 3.63) is 95.9 Å². The van der Waals surface area contributed by atoms with Gasteiger partial charge in [0.2, 0.25) is 5.91 Å². The lowest BCUT2D eigenvalue weighted by atomic mass is 9.99. The Morgan fingerprint density at radius 2 is 1.53 bits per heavy atom. The van der Waals surface area contributed by atoms with E-state index in [9.17, 15) is 14.4 Å². The molecule has 2 N–H and O–H groups in total. The Kier molecular flexibility index (Phi) is 11.1. The number of ketones is 1. The van der Waals surface area contributed by atoms with E-state index in [4.69, 9.17) is 9.15 Å². The average Bonchev–Trinajstić information content (AvgIpc) is 3.40. The minimum Gasteiger partial charge on any atom is -0.468 e. The Morgan fingerprint density at radius 3 is 2.13 bits per heavy atom. The summed E-state index contributed by atoms with van der Waals surface area (Å²) in [6.07, 6.45) is 1.65. The minimum atomic E-state index is -0.842. The first-order chi connectivity index (χ1) is 18.3. The molecule has 8 heteroatoms. The molecular weight excluding hydrogens is 482 g/mol. The molecule has 202 valence electrons. The van der Waals surface area contributed by atoms with Crippen LogP contribution in [0, 0.1) is 5.92 Å². The van der Waals surface area contributed by atoms with Crippen LogP contribution in [0.25, 0.3) is 0 Å². The van der Waals surface area contributed by atoms with E-state index in [1.165, 1.54) is 0 Å². The maximum absolute atomic E-state index is 13.4. The van der Waals surface area contributed by atoms with Gasteiger partial charge in [-0.3, -0.25) is 14.5 Å². The van der Waals surface area contributed by atoms with E-state index < -0.39 is 24.1 Å². The molecule has 8 nitrogen and oxygen atoms in total. The maximum atomic E-state index is 13.4. The predicted molar refractivity (Wildman–Crippen MR) is 145 cm³/mol. The van der Waals surface area contributed by atoms with Crippen molar-refractivity contribution in [2.75, 3.05) is 13.6 Å². The van der Waals surface area contributed by atoms with Crippen molar-refractivity contribution in [3.63, 3.8) is 0 Å². The third-order valence-corrected chi connectivity index (χ3v) is 5.95. The summed E-state index contributed by atoms with van der Waals surface area (Å²) in [6, 6.07) is 20.9. The Bertz CT molecular complexity index is 1130. The quantitative estimate of drug-likeness (QED) is 0.328. The molecule has 2 aromatic carbocycles. The molecule has 0 aliphatic carbocycles. The zero-order valence-electron chi connectivity index (χ0n) is 22.3. The Morgan fingerprint density at radius 1 is 0.868 bits per heavy atom. The van der Waals surface area contributed by atoms with Crippen LogP contribution in [0.3, 0.4) is 0 Å². The van der Waals surface area contributed by atoms with Gasteiger partial charge in [0.25, 0.3) is 0 Å². The van der Waals surface area contributed by atoms with Crippen molar-refractivity contribution in [3.8, 4) is 0 Å². The molecule has 0 aliphatic heterocycles. The third kappa shape index (κ3) is 9.86. The normalized spacial score (nSPS) is 12.7. The van der Waals surface area contributed by atoms with Gasteiger partial charge in [0, 0.05) is 0 Å². The number of furan rings is 1. The fourth-order valence-corrected chi connectivity index (χ4v) is 4.08. The Hall–Kier alpha value is -3.91. The molecule has 3 rings (SSSR count). The van der Waals surface area contributed by atoms with Gasteiger partial charge in [0.05, 0.1) is 25.4 Å². The third-order valence-electron chi connectivity index (χ3n) is 5.95. The highest BCUT2D eigenvalue weighted by Crippen LogP contribution is 2.11. The van der Waals surface area contributed by atoms with Gasteiger partial charge < -0.3 is 19.8 Å². The van der Waals surface area contributed by atoms with Crippen molar-refractivity contribution in [1.82, 2.24) is 15.5 Å². The summed E-state index contributed by atoms with van der Waals surface area (Å²) in [4.78, 5) is 41.1. The molecule has 1 heterocycles. The van der Waals surface area contributed by atoms with Crippen LogP contribution >= 0.6 is 0 Å². The Balaban J connectivity index is 1.66.